The van der Waals surface area contributed by atoms with E-state index in [2.05, 4.69) is 35.2 Å². The molecule has 4 heteroatoms. The number of hydrogen-bond acceptors (Lipinski definition) is 4. The smallest absolute Gasteiger partial charge is 0.311 e. The minimum Gasteiger partial charge on any atom is -0.493 e. The number of methoxy groups -OCH3 is 1. The van der Waals surface area contributed by atoms with Crippen LogP contribution in [0.3, 0.4) is 0 Å². The number of rotatable bonds is 7. The van der Waals surface area contributed by atoms with Crippen molar-refractivity contribution in [3.63, 3.8) is 0 Å². The molecule has 0 unspecified atom stereocenters. The van der Waals surface area contributed by atoms with E-state index >= 15 is 0 Å². The Balaban J connectivity index is 1.26. The number of fused-ring (bicyclic) bond motifs is 1. The Morgan fingerprint density at radius 2 is 1.57 bits per heavy atom. The number of esters is 1. The van der Waals surface area contributed by atoms with Crippen LogP contribution in [0, 0.1) is 5.92 Å². The van der Waals surface area contributed by atoms with E-state index in [0.29, 0.717) is 23.8 Å². The summed E-state index contributed by atoms with van der Waals surface area (Å²) in [6.45, 7) is 3.19. The van der Waals surface area contributed by atoms with Crippen LogP contribution in [-0.2, 0) is 11.3 Å². The summed E-state index contributed by atoms with van der Waals surface area (Å²) in [6.07, 6.45) is 3.60. The maximum atomic E-state index is 12.5. The van der Waals surface area contributed by atoms with E-state index in [0.717, 1.165) is 49.7 Å². The second-order valence-electron chi connectivity index (χ2n) is 8.07. The Hall–Kier alpha value is -2.85. The van der Waals surface area contributed by atoms with Gasteiger partial charge in [-0.15, -0.1) is 0 Å². The van der Waals surface area contributed by atoms with Crippen LogP contribution in [0.15, 0.2) is 66.7 Å². The molecular formula is C26H29NO3. The standard InChI is InChI=1S/C26H29NO3/c1-29-24-17-22-9-5-6-10-23(22)18-25(24)30-26(28)12-11-20-13-15-27(16-14-20)19-21-7-3-2-4-8-21/h2-10,17-18,20H,11-16,19H2,1H3. The second kappa shape index (κ2) is 9.77. The van der Waals surface area contributed by atoms with E-state index in [1.54, 1.807) is 7.11 Å². The normalized spacial score (nSPS) is 15.2. The van der Waals surface area contributed by atoms with Gasteiger partial charge in [-0.05, 0) is 66.7 Å². The third-order valence-electron chi connectivity index (χ3n) is 5.97. The topological polar surface area (TPSA) is 38.8 Å². The molecule has 1 aliphatic rings. The number of nitrogens with zero attached hydrogens (tertiary/aromatic N) is 1. The minimum absolute atomic E-state index is 0.185. The summed E-state index contributed by atoms with van der Waals surface area (Å²) in [5.74, 6) is 1.49. The van der Waals surface area contributed by atoms with Crippen LogP contribution in [0.4, 0.5) is 0 Å². The van der Waals surface area contributed by atoms with Crippen molar-refractivity contribution in [1.29, 1.82) is 0 Å². The molecule has 1 aliphatic heterocycles. The number of benzene rings is 3. The zero-order valence-electron chi connectivity index (χ0n) is 17.5. The van der Waals surface area contributed by atoms with E-state index in [-0.39, 0.29) is 5.97 Å². The largest absolute Gasteiger partial charge is 0.493 e. The number of likely N-dealkylation sites (tertiary alicyclic amines) is 1. The molecule has 0 N–H and O–H groups in total. The Morgan fingerprint density at radius 3 is 2.23 bits per heavy atom. The lowest BCUT2D eigenvalue weighted by molar-refractivity contribution is -0.134. The highest BCUT2D eigenvalue weighted by molar-refractivity contribution is 5.87. The Labute approximate surface area is 178 Å². The maximum Gasteiger partial charge on any atom is 0.311 e. The fourth-order valence-corrected chi connectivity index (χ4v) is 4.21. The molecule has 4 rings (SSSR count). The summed E-state index contributed by atoms with van der Waals surface area (Å²) in [5, 5.41) is 2.10. The van der Waals surface area contributed by atoms with Gasteiger partial charge >= 0.3 is 5.97 Å². The lowest BCUT2D eigenvalue weighted by Gasteiger charge is -2.31. The molecule has 0 spiro atoms. The van der Waals surface area contributed by atoms with Crippen molar-refractivity contribution in [2.45, 2.75) is 32.2 Å². The number of carbonyl (C=O) groups is 1. The van der Waals surface area contributed by atoms with E-state index in [4.69, 9.17) is 9.47 Å². The second-order valence-corrected chi connectivity index (χ2v) is 8.07. The van der Waals surface area contributed by atoms with Crippen molar-refractivity contribution in [3.8, 4) is 11.5 Å². The molecule has 0 bridgehead atoms. The third kappa shape index (κ3) is 5.19. The molecule has 0 radical (unpaired) electrons. The fraction of sp³-hybridized carbons (Fsp3) is 0.346. The molecule has 0 atom stereocenters. The Bertz CT molecular complexity index is 978. The lowest BCUT2D eigenvalue weighted by atomic mass is 9.92. The molecule has 0 aromatic heterocycles. The number of carbonyl (C=O) groups excluding carboxylic acids is 1. The van der Waals surface area contributed by atoms with Crippen molar-refractivity contribution >= 4 is 16.7 Å². The van der Waals surface area contributed by atoms with Crippen LogP contribution >= 0.6 is 0 Å². The van der Waals surface area contributed by atoms with Crippen LogP contribution in [0.2, 0.25) is 0 Å². The van der Waals surface area contributed by atoms with Gasteiger partial charge < -0.3 is 9.47 Å². The summed E-state index contributed by atoms with van der Waals surface area (Å²) >= 11 is 0. The van der Waals surface area contributed by atoms with Crippen molar-refractivity contribution in [3.05, 3.63) is 72.3 Å². The van der Waals surface area contributed by atoms with E-state index in [1.165, 1.54) is 5.56 Å². The number of hydrogen-bond donors (Lipinski definition) is 0. The van der Waals surface area contributed by atoms with Crippen LogP contribution < -0.4 is 9.47 Å². The first-order chi connectivity index (χ1) is 14.7. The minimum atomic E-state index is -0.185. The molecule has 30 heavy (non-hydrogen) atoms. The monoisotopic (exact) mass is 403 g/mol. The number of piperidine rings is 1. The summed E-state index contributed by atoms with van der Waals surface area (Å²) < 4.78 is 11.1. The lowest BCUT2D eigenvalue weighted by Crippen LogP contribution is -2.33. The Kier molecular flexibility index (Phi) is 6.65. The molecular weight excluding hydrogens is 374 g/mol. The third-order valence-corrected chi connectivity index (χ3v) is 5.97. The van der Waals surface area contributed by atoms with Crippen molar-refractivity contribution in [1.82, 2.24) is 4.90 Å². The van der Waals surface area contributed by atoms with Crippen LogP contribution in [-0.4, -0.2) is 31.1 Å². The van der Waals surface area contributed by atoms with Gasteiger partial charge in [0.15, 0.2) is 11.5 Å². The SMILES string of the molecule is COc1cc2ccccc2cc1OC(=O)CCC1CCN(Cc2ccccc2)CC1. The summed E-state index contributed by atoms with van der Waals surface area (Å²) in [6, 6.07) is 22.4. The molecule has 156 valence electrons. The van der Waals surface area contributed by atoms with Gasteiger partial charge in [0, 0.05) is 13.0 Å². The molecule has 1 heterocycles. The van der Waals surface area contributed by atoms with Gasteiger partial charge in [0.1, 0.15) is 0 Å². The molecule has 4 nitrogen and oxygen atoms in total. The molecule has 0 saturated carbocycles. The Morgan fingerprint density at radius 1 is 0.933 bits per heavy atom. The first-order valence-electron chi connectivity index (χ1n) is 10.7. The van der Waals surface area contributed by atoms with E-state index < -0.39 is 0 Å². The summed E-state index contributed by atoms with van der Waals surface area (Å²) in [4.78, 5) is 15.0. The number of ether oxygens (including phenoxy) is 2. The summed E-state index contributed by atoms with van der Waals surface area (Å²) in [7, 11) is 1.60. The quantitative estimate of drug-likeness (QED) is 0.389. The zero-order chi connectivity index (χ0) is 20.8. The van der Waals surface area contributed by atoms with Gasteiger partial charge in [-0.1, -0.05) is 54.6 Å². The van der Waals surface area contributed by atoms with Crippen molar-refractivity contribution < 1.29 is 14.3 Å². The van der Waals surface area contributed by atoms with Gasteiger partial charge in [-0.3, -0.25) is 9.69 Å². The predicted molar refractivity (Wildman–Crippen MR) is 120 cm³/mol. The van der Waals surface area contributed by atoms with E-state index in [1.807, 2.05) is 36.4 Å². The average Bonchev–Trinajstić information content (AvgIpc) is 2.79. The van der Waals surface area contributed by atoms with Crippen LogP contribution in [0.1, 0.15) is 31.2 Å². The van der Waals surface area contributed by atoms with E-state index in [9.17, 15) is 4.79 Å². The molecule has 1 saturated heterocycles. The fourth-order valence-electron chi connectivity index (χ4n) is 4.21. The molecule has 1 fully saturated rings. The highest BCUT2D eigenvalue weighted by atomic mass is 16.6. The first kappa shape index (κ1) is 20.4. The van der Waals surface area contributed by atoms with Crippen molar-refractivity contribution in [2.75, 3.05) is 20.2 Å². The van der Waals surface area contributed by atoms with Crippen LogP contribution in [0.5, 0.6) is 11.5 Å². The summed E-state index contributed by atoms with van der Waals surface area (Å²) in [5.41, 5.74) is 1.36. The molecule has 0 aliphatic carbocycles. The van der Waals surface area contributed by atoms with Gasteiger partial charge in [0.05, 0.1) is 7.11 Å². The predicted octanol–water partition coefficient (Wildman–Crippen LogP) is 5.45. The first-order valence-corrected chi connectivity index (χ1v) is 10.7. The average molecular weight is 404 g/mol. The highest BCUT2D eigenvalue weighted by Gasteiger charge is 2.21. The van der Waals surface area contributed by atoms with Crippen molar-refractivity contribution in [2.24, 2.45) is 5.92 Å². The van der Waals surface area contributed by atoms with Gasteiger partial charge in [0.2, 0.25) is 0 Å². The van der Waals surface area contributed by atoms with Gasteiger partial charge in [0.25, 0.3) is 0 Å². The van der Waals surface area contributed by atoms with Gasteiger partial charge in [-0.2, -0.15) is 0 Å². The maximum absolute atomic E-state index is 12.5. The highest BCUT2D eigenvalue weighted by Crippen LogP contribution is 2.33. The molecule has 0 amide bonds. The zero-order valence-corrected chi connectivity index (χ0v) is 17.5. The molecule has 3 aromatic carbocycles. The van der Waals surface area contributed by atoms with Gasteiger partial charge in [-0.25, -0.2) is 0 Å². The van der Waals surface area contributed by atoms with Crippen LogP contribution in [0.25, 0.3) is 10.8 Å². The molecule has 3 aromatic rings.